The van der Waals surface area contributed by atoms with Gasteiger partial charge in [0.05, 0.1) is 33.9 Å². The molecule has 0 aliphatic heterocycles. The number of hydrogen-bond acceptors (Lipinski definition) is 3. The van der Waals surface area contributed by atoms with Gasteiger partial charge in [-0.15, -0.1) is 0 Å². The molecule has 1 aromatic rings. The van der Waals surface area contributed by atoms with Crippen molar-refractivity contribution in [3.63, 3.8) is 0 Å². The standard InChI is InChI=1S/C11H18N3O/c1-14(2,3)11-10(15-4)9(8-5-6-8)12-7-13-11/h7-8H,5-6H2,1-4H3/q+1. The topological polar surface area (TPSA) is 35.0 Å². The van der Waals surface area contributed by atoms with E-state index >= 15 is 0 Å². The third-order valence-electron chi connectivity index (χ3n) is 2.62. The SMILES string of the molecule is COc1c(C2CC2)ncnc1[N+](C)(C)C. The smallest absolute Gasteiger partial charge is 0.273 e. The van der Waals surface area contributed by atoms with Crippen LogP contribution in [0, 0.1) is 0 Å². The van der Waals surface area contributed by atoms with Crippen LogP contribution in [0.4, 0.5) is 5.82 Å². The molecule has 0 radical (unpaired) electrons. The molecule has 0 bridgehead atoms. The minimum atomic E-state index is 0.591. The van der Waals surface area contributed by atoms with Crippen LogP contribution in [0.25, 0.3) is 0 Å². The third-order valence-corrected chi connectivity index (χ3v) is 2.62. The van der Waals surface area contributed by atoms with E-state index in [1.807, 2.05) is 0 Å². The quantitative estimate of drug-likeness (QED) is 0.707. The summed E-state index contributed by atoms with van der Waals surface area (Å²) in [4.78, 5) is 8.67. The van der Waals surface area contributed by atoms with Crippen LogP contribution in [-0.2, 0) is 0 Å². The van der Waals surface area contributed by atoms with Gasteiger partial charge in [-0.3, -0.25) is 4.48 Å². The Labute approximate surface area is 90.5 Å². The molecular formula is C11H18N3O+. The number of nitrogens with zero attached hydrogens (tertiary/aromatic N) is 3. The Morgan fingerprint density at radius 3 is 2.40 bits per heavy atom. The number of aromatic nitrogens is 2. The predicted molar refractivity (Wildman–Crippen MR) is 60.1 cm³/mol. The fraction of sp³-hybridized carbons (Fsp3) is 0.636. The van der Waals surface area contributed by atoms with E-state index in [2.05, 4.69) is 31.1 Å². The Bertz CT molecular complexity index is 367. The zero-order chi connectivity index (χ0) is 11.1. The van der Waals surface area contributed by atoms with Crippen LogP contribution in [0.2, 0.25) is 0 Å². The summed E-state index contributed by atoms with van der Waals surface area (Å²) in [5.41, 5.74) is 1.08. The molecule has 0 unspecified atom stereocenters. The number of ether oxygens (including phenoxy) is 1. The second-order valence-corrected chi connectivity index (χ2v) is 4.90. The summed E-state index contributed by atoms with van der Waals surface area (Å²) in [5.74, 6) is 2.41. The second-order valence-electron chi connectivity index (χ2n) is 4.90. The van der Waals surface area contributed by atoms with Gasteiger partial charge in [-0.05, 0) is 12.8 Å². The van der Waals surface area contributed by atoms with E-state index in [4.69, 9.17) is 4.74 Å². The summed E-state index contributed by atoms with van der Waals surface area (Å²) in [7, 11) is 7.95. The van der Waals surface area contributed by atoms with Crippen molar-refractivity contribution in [1.82, 2.24) is 14.5 Å². The molecule has 0 atom stereocenters. The number of quaternary nitrogens is 1. The maximum absolute atomic E-state index is 5.46. The second kappa shape index (κ2) is 3.45. The van der Waals surface area contributed by atoms with Crippen LogP contribution in [0.1, 0.15) is 24.5 Å². The molecule has 15 heavy (non-hydrogen) atoms. The van der Waals surface area contributed by atoms with Crippen molar-refractivity contribution in [3.05, 3.63) is 12.0 Å². The summed E-state index contributed by atoms with van der Waals surface area (Å²) < 4.78 is 6.12. The first-order valence-corrected chi connectivity index (χ1v) is 5.25. The summed E-state index contributed by atoms with van der Waals surface area (Å²) in [6.07, 6.45) is 4.10. The van der Waals surface area contributed by atoms with Crippen LogP contribution in [0.15, 0.2) is 6.33 Å². The largest absolute Gasteiger partial charge is 0.488 e. The van der Waals surface area contributed by atoms with E-state index in [1.54, 1.807) is 13.4 Å². The molecule has 1 fully saturated rings. The minimum absolute atomic E-state index is 0.591. The van der Waals surface area contributed by atoms with Crippen LogP contribution in [-0.4, -0.2) is 38.2 Å². The van der Waals surface area contributed by atoms with Crippen LogP contribution >= 0.6 is 0 Å². The van der Waals surface area contributed by atoms with Crippen molar-refractivity contribution < 1.29 is 4.74 Å². The Balaban J connectivity index is 2.50. The van der Waals surface area contributed by atoms with E-state index in [-0.39, 0.29) is 0 Å². The Hall–Kier alpha value is -1.16. The lowest BCUT2D eigenvalue weighted by Crippen LogP contribution is -2.36. The number of hydrogen-bond donors (Lipinski definition) is 0. The van der Waals surface area contributed by atoms with E-state index in [1.165, 1.54) is 12.8 Å². The van der Waals surface area contributed by atoms with Crippen molar-refractivity contribution in [3.8, 4) is 5.75 Å². The molecule has 82 valence electrons. The van der Waals surface area contributed by atoms with Gasteiger partial charge in [-0.2, -0.15) is 4.98 Å². The van der Waals surface area contributed by atoms with Gasteiger partial charge in [0.1, 0.15) is 6.33 Å². The first kappa shape index (κ1) is 10.4. The molecule has 0 spiro atoms. The lowest BCUT2D eigenvalue weighted by atomic mass is 10.2. The molecule has 0 aromatic carbocycles. The van der Waals surface area contributed by atoms with E-state index in [0.29, 0.717) is 10.4 Å². The number of methoxy groups -OCH3 is 1. The Morgan fingerprint density at radius 1 is 1.27 bits per heavy atom. The minimum Gasteiger partial charge on any atom is -0.488 e. The van der Waals surface area contributed by atoms with Crippen molar-refractivity contribution >= 4 is 5.82 Å². The molecule has 0 N–H and O–H groups in total. The average Bonchev–Trinajstić information content (AvgIpc) is 2.98. The highest BCUT2D eigenvalue weighted by Gasteiger charge is 2.33. The highest BCUT2D eigenvalue weighted by molar-refractivity contribution is 5.52. The molecule has 4 nitrogen and oxygen atoms in total. The Kier molecular flexibility index (Phi) is 2.38. The predicted octanol–water partition coefficient (Wildman–Crippen LogP) is 1.56. The molecule has 1 heterocycles. The van der Waals surface area contributed by atoms with Crippen LogP contribution in [0.5, 0.6) is 5.75 Å². The summed E-state index contributed by atoms with van der Waals surface area (Å²) >= 11 is 0. The lowest BCUT2D eigenvalue weighted by Gasteiger charge is -2.24. The molecule has 2 rings (SSSR count). The average molecular weight is 208 g/mol. The van der Waals surface area contributed by atoms with Crippen molar-refractivity contribution in [2.75, 3.05) is 28.3 Å². The van der Waals surface area contributed by atoms with Crippen LogP contribution in [0.3, 0.4) is 0 Å². The molecule has 1 aromatic heterocycles. The van der Waals surface area contributed by atoms with E-state index in [9.17, 15) is 0 Å². The van der Waals surface area contributed by atoms with Crippen molar-refractivity contribution in [2.24, 2.45) is 0 Å². The fourth-order valence-corrected chi connectivity index (χ4v) is 1.70. The molecule has 0 saturated heterocycles. The monoisotopic (exact) mass is 208 g/mol. The molecule has 1 aliphatic carbocycles. The molecular weight excluding hydrogens is 190 g/mol. The first-order valence-electron chi connectivity index (χ1n) is 5.25. The Morgan fingerprint density at radius 2 is 1.93 bits per heavy atom. The van der Waals surface area contributed by atoms with E-state index in [0.717, 1.165) is 17.3 Å². The highest BCUT2D eigenvalue weighted by atomic mass is 16.5. The summed E-state index contributed by atoms with van der Waals surface area (Å²) in [5, 5.41) is 0. The fourth-order valence-electron chi connectivity index (χ4n) is 1.70. The zero-order valence-electron chi connectivity index (χ0n) is 9.82. The summed E-state index contributed by atoms with van der Waals surface area (Å²) in [6.45, 7) is 0. The van der Waals surface area contributed by atoms with Gasteiger partial charge in [0, 0.05) is 5.92 Å². The molecule has 1 aliphatic rings. The van der Waals surface area contributed by atoms with Crippen molar-refractivity contribution in [2.45, 2.75) is 18.8 Å². The maximum Gasteiger partial charge on any atom is 0.273 e. The molecule has 1 saturated carbocycles. The zero-order valence-corrected chi connectivity index (χ0v) is 9.82. The third kappa shape index (κ3) is 1.95. The van der Waals surface area contributed by atoms with Gasteiger partial charge in [0.2, 0.25) is 5.75 Å². The van der Waals surface area contributed by atoms with Crippen LogP contribution < -0.4 is 9.22 Å². The van der Waals surface area contributed by atoms with Gasteiger partial charge in [0.15, 0.2) is 0 Å². The number of rotatable bonds is 3. The lowest BCUT2D eigenvalue weighted by molar-refractivity contribution is 0.376. The normalized spacial score (nSPS) is 16.5. The van der Waals surface area contributed by atoms with Gasteiger partial charge in [0.25, 0.3) is 5.82 Å². The van der Waals surface area contributed by atoms with Gasteiger partial charge < -0.3 is 4.74 Å². The molecule has 4 heteroatoms. The highest BCUT2D eigenvalue weighted by Crippen LogP contribution is 2.45. The first-order chi connectivity index (χ1) is 7.04. The van der Waals surface area contributed by atoms with E-state index < -0.39 is 0 Å². The van der Waals surface area contributed by atoms with Gasteiger partial charge >= 0.3 is 0 Å². The molecule has 0 amide bonds. The van der Waals surface area contributed by atoms with Crippen molar-refractivity contribution in [1.29, 1.82) is 0 Å². The van der Waals surface area contributed by atoms with Gasteiger partial charge in [-0.25, -0.2) is 4.98 Å². The maximum atomic E-state index is 5.46. The van der Waals surface area contributed by atoms with Gasteiger partial charge in [-0.1, -0.05) is 0 Å². The summed E-state index contributed by atoms with van der Waals surface area (Å²) in [6, 6.07) is 0.